The Morgan fingerprint density at radius 2 is 2.03 bits per heavy atom. The minimum Gasteiger partial charge on any atom is -0.477 e. The van der Waals surface area contributed by atoms with Crippen molar-refractivity contribution in [1.82, 2.24) is 24.8 Å². The minimum absolute atomic E-state index is 0.157. The van der Waals surface area contributed by atoms with Crippen LogP contribution in [0.5, 0.6) is 5.88 Å². The molecule has 11 heteroatoms. The average Bonchev–Trinajstić information content (AvgIpc) is 3.67. The van der Waals surface area contributed by atoms with Crippen LogP contribution < -0.4 is 20.7 Å². The Morgan fingerprint density at radius 3 is 2.76 bits per heavy atom. The van der Waals surface area contributed by atoms with Gasteiger partial charge in [-0.2, -0.15) is 0 Å². The molecule has 0 saturated carbocycles. The number of thiazole rings is 1. The highest BCUT2D eigenvalue weighted by Crippen LogP contribution is 2.30. The average molecular weight is 534 g/mol. The maximum Gasteiger partial charge on any atom is 0.214 e. The number of nitrogens with zero attached hydrogens (tertiary/aromatic N) is 4. The summed E-state index contributed by atoms with van der Waals surface area (Å²) in [4.78, 5) is 11.3. The van der Waals surface area contributed by atoms with Crippen LogP contribution in [0.4, 0.5) is 11.5 Å². The van der Waals surface area contributed by atoms with Crippen molar-refractivity contribution in [2.24, 2.45) is 5.92 Å². The van der Waals surface area contributed by atoms with Gasteiger partial charge in [0.1, 0.15) is 10.6 Å². The lowest BCUT2D eigenvalue weighted by Crippen LogP contribution is -2.28. The summed E-state index contributed by atoms with van der Waals surface area (Å²) in [6, 6.07) is 13.5. The Balaban J connectivity index is 1.11. The molecule has 1 saturated heterocycles. The smallest absolute Gasteiger partial charge is 0.214 e. The normalized spacial score (nSPS) is 16.8. The number of rotatable bonds is 8. The molecule has 1 aliphatic rings. The van der Waals surface area contributed by atoms with E-state index in [1.54, 1.807) is 17.4 Å². The van der Waals surface area contributed by atoms with Crippen LogP contribution in [-0.4, -0.2) is 50.7 Å². The first kappa shape index (κ1) is 24.7. The van der Waals surface area contributed by atoms with Crippen LogP contribution in [0.15, 0.2) is 53.2 Å². The largest absolute Gasteiger partial charge is 0.477 e. The molecule has 10 nitrogen and oxygen atoms in total. The Morgan fingerprint density at radius 1 is 1.18 bits per heavy atom. The summed E-state index contributed by atoms with van der Waals surface area (Å²) in [6.45, 7) is 8.88. The molecule has 1 aliphatic heterocycles. The van der Waals surface area contributed by atoms with Gasteiger partial charge >= 0.3 is 0 Å². The molecule has 198 valence electrons. The van der Waals surface area contributed by atoms with Gasteiger partial charge in [0.05, 0.1) is 17.8 Å². The lowest BCUT2D eigenvalue weighted by atomic mass is 9.93. The Labute approximate surface area is 224 Å². The van der Waals surface area contributed by atoms with Crippen LogP contribution in [0.3, 0.4) is 0 Å². The van der Waals surface area contributed by atoms with Crippen molar-refractivity contribution in [2.75, 3.05) is 30.3 Å². The molecule has 0 radical (unpaired) electrons. The Kier molecular flexibility index (Phi) is 6.42. The first-order valence-electron chi connectivity index (χ1n) is 12.7. The van der Waals surface area contributed by atoms with E-state index in [0.29, 0.717) is 24.2 Å². The van der Waals surface area contributed by atoms with Crippen molar-refractivity contribution in [1.29, 1.82) is 0 Å². The zero-order chi connectivity index (χ0) is 26.3. The molecule has 0 aliphatic carbocycles. The standard InChI is InChI=1S/C27H31N7O3S/c1-27(2,3)21-12-22(33-37-21)31-25(35)29-18-6-4-17(5-7-18)19-14-34-20-8-9-23(32-24(20)38-26(34)30-19)36-15-16-10-11-28-13-16/h4-9,12,14,16,25,28-29,35H,10-11,13,15H2,1-3H3,(H,31,33)/t16-,25?/m1/s1. The third-order valence-electron chi connectivity index (χ3n) is 6.58. The highest BCUT2D eigenvalue weighted by molar-refractivity contribution is 7.23. The lowest BCUT2D eigenvalue weighted by Gasteiger charge is -2.15. The predicted molar refractivity (Wildman–Crippen MR) is 149 cm³/mol. The van der Waals surface area contributed by atoms with Gasteiger partial charge in [0.25, 0.3) is 0 Å². The lowest BCUT2D eigenvalue weighted by molar-refractivity contribution is 0.231. The van der Waals surface area contributed by atoms with Crippen LogP contribution in [0.2, 0.25) is 0 Å². The number of aromatic nitrogens is 4. The molecule has 0 bridgehead atoms. The first-order chi connectivity index (χ1) is 18.3. The maximum atomic E-state index is 10.4. The van der Waals surface area contributed by atoms with Gasteiger partial charge in [-0.1, -0.05) is 49.4 Å². The van der Waals surface area contributed by atoms with Crippen molar-refractivity contribution < 1.29 is 14.4 Å². The van der Waals surface area contributed by atoms with Crippen LogP contribution in [-0.2, 0) is 5.41 Å². The number of benzene rings is 1. The van der Waals surface area contributed by atoms with Crippen LogP contribution >= 0.6 is 11.3 Å². The number of ether oxygens (including phenoxy) is 1. The summed E-state index contributed by atoms with van der Waals surface area (Å²) in [5, 5.41) is 23.6. The molecule has 1 unspecified atom stereocenters. The van der Waals surface area contributed by atoms with Crippen LogP contribution in [0, 0.1) is 5.92 Å². The molecule has 38 heavy (non-hydrogen) atoms. The summed E-state index contributed by atoms with van der Waals surface area (Å²) in [5.74, 6) is 2.42. The maximum absolute atomic E-state index is 10.4. The van der Waals surface area contributed by atoms with E-state index in [1.165, 1.54) is 0 Å². The highest BCUT2D eigenvalue weighted by atomic mass is 32.1. The molecule has 4 aromatic heterocycles. The summed E-state index contributed by atoms with van der Waals surface area (Å²) >= 11 is 1.55. The van der Waals surface area contributed by atoms with Crippen LogP contribution in [0.1, 0.15) is 33.0 Å². The van der Waals surface area contributed by atoms with E-state index in [0.717, 1.165) is 57.5 Å². The molecule has 6 rings (SSSR count). The van der Waals surface area contributed by atoms with Gasteiger partial charge in [-0.05, 0) is 31.2 Å². The van der Waals surface area contributed by atoms with Gasteiger partial charge in [0.2, 0.25) is 12.2 Å². The Bertz CT molecular complexity index is 1540. The molecule has 1 fully saturated rings. The SMILES string of the molecule is CC(C)(C)c1cc(NC(O)Nc2ccc(-c3cn4c(n3)sc3nc(OC[C@@H]5CCNC5)ccc34)cc2)no1. The van der Waals surface area contributed by atoms with Gasteiger partial charge in [-0.25, -0.2) is 9.97 Å². The summed E-state index contributed by atoms with van der Waals surface area (Å²) in [7, 11) is 0. The topological polar surface area (TPSA) is 122 Å². The van der Waals surface area contributed by atoms with E-state index in [9.17, 15) is 5.11 Å². The number of fused-ring (bicyclic) bond motifs is 3. The van der Waals surface area contributed by atoms with Crippen molar-refractivity contribution in [3.8, 4) is 17.1 Å². The number of aliphatic hydroxyl groups excluding tert-OH is 1. The first-order valence-corrected chi connectivity index (χ1v) is 13.5. The molecule has 0 amide bonds. The second-order valence-electron chi connectivity index (χ2n) is 10.6. The third-order valence-corrected chi connectivity index (χ3v) is 7.55. The van der Waals surface area contributed by atoms with Crippen molar-refractivity contribution in [2.45, 2.75) is 39.0 Å². The zero-order valence-electron chi connectivity index (χ0n) is 21.6. The fourth-order valence-electron chi connectivity index (χ4n) is 4.42. The molecular weight excluding hydrogens is 502 g/mol. The fraction of sp³-hybridized carbons (Fsp3) is 0.370. The van der Waals surface area contributed by atoms with Gasteiger partial charge in [0.15, 0.2) is 10.8 Å². The molecule has 1 aromatic carbocycles. The number of hydrogen-bond donors (Lipinski definition) is 4. The van der Waals surface area contributed by atoms with Gasteiger partial charge in [-0.15, -0.1) is 0 Å². The second kappa shape index (κ2) is 9.90. The number of imidazole rings is 1. The predicted octanol–water partition coefficient (Wildman–Crippen LogP) is 4.68. The molecule has 5 heterocycles. The van der Waals surface area contributed by atoms with E-state index in [2.05, 4.69) is 25.5 Å². The van der Waals surface area contributed by atoms with E-state index in [1.807, 2.05) is 63.4 Å². The number of nitrogens with one attached hydrogen (secondary N) is 3. The van der Waals surface area contributed by atoms with E-state index in [4.69, 9.17) is 19.2 Å². The van der Waals surface area contributed by atoms with E-state index >= 15 is 0 Å². The van der Waals surface area contributed by atoms with Gasteiger partial charge < -0.3 is 30.3 Å². The van der Waals surface area contributed by atoms with E-state index in [-0.39, 0.29) is 5.41 Å². The number of hydrogen-bond acceptors (Lipinski definition) is 10. The zero-order valence-corrected chi connectivity index (χ0v) is 22.4. The van der Waals surface area contributed by atoms with Gasteiger partial charge in [-0.3, -0.25) is 4.40 Å². The molecule has 4 N–H and O–H groups in total. The molecular formula is C27H31N7O3S. The van der Waals surface area contributed by atoms with Crippen molar-refractivity contribution in [3.63, 3.8) is 0 Å². The quantitative estimate of drug-likeness (QED) is 0.211. The minimum atomic E-state index is -1.03. The second-order valence-corrected chi connectivity index (χ2v) is 11.6. The summed E-state index contributed by atoms with van der Waals surface area (Å²) < 4.78 is 13.4. The monoisotopic (exact) mass is 533 g/mol. The Hall–Kier alpha value is -3.67. The fourth-order valence-corrected chi connectivity index (χ4v) is 5.39. The van der Waals surface area contributed by atoms with Crippen molar-refractivity contribution >= 4 is 38.2 Å². The number of aliphatic hydroxyl groups is 1. The van der Waals surface area contributed by atoms with Crippen molar-refractivity contribution in [3.05, 3.63) is 54.4 Å². The molecule has 5 aromatic rings. The van der Waals surface area contributed by atoms with E-state index < -0.39 is 6.35 Å². The number of anilines is 2. The molecule has 2 atom stereocenters. The summed E-state index contributed by atoms with van der Waals surface area (Å²) in [5.41, 5.74) is 3.45. The summed E-state index contributed by atoms with van der Waals surface area (Å²) in [6.07, 6.45) is 2.14. The number of pyridine rings is 1. The van der Waals surface area contributed by atoms with Crippen LogP contribution in [0.25, 0.3) is 26.6 Å². The third kappa shape index (κ3) is 5.17. The highest BCUT2D eigenvalue weighted by Gasteiger charge is 2.20. The van der Waals surface area contributed by atoms with Gasteiger partial charge in [0, 0.05) is 47.5 Å². The molecule has 0 spiro atoms.